The SMILES string of the molecule is CN1CC[C@@H](Oc2cc(NS(=O)(=O)c3ccc4c(c3)CN(C(=O)C(F)(F)F)CC4)ccc2C(F)(F)F)C1. The summed E-state index contributed by atoms with van der Waals surface area (Å²) < 4.78 is 113. The number of alkyl halides is 6. The molecule has 37 heavy (non-hydrogen) atoms. The van der Waals surface area contributed by atoms with Gasteiger partial charge in [0.2, 0.25) is 0 Å². The second-order valence-corrected chi connectivity index (χ2v) is 10.7. The zero-order valence-electron chi connectivity index (χ0n) is 19.5. The van der Waals surface area contributed by atoms with Gasteiger partial charge in [-0.05, 0) is 55.3 Å². The average Bonchev–Trinajstić information content (AvgIpc) is 3.20. The van der Waals surface area contributed by atoms with Crippen molar-refractivity contribution in [3.8, 4) is 5.75 Å². The standard InChI is InChI=1S/C23H23F6N3O4S/c1-31-8-7-17(13-31)36-20-11-16(3-5-19(20)22(24,25)26)30-37(34,35)18-4-2-14-6-9-32(12-15(14)10-18)21(33)23(27,28)29/h2-5,10-11,17,30H,6-9,12-13H2,1H3/t17-/m1/s1. The van der Waals surface area contributed by atoms with Gasteiger partial charge in [-0.3, -0.25) is 9.52 Å². The molecule has 0 radical (unpaired) electrons. The highest BCUT2D eigenvalue weighted by atomic mass is 32.2. The van der Waals surface area contributed by atoms with E-state index in [2.05, 4.69) is 4.72 Å². The van der Waals surface area contributed by atoms with Crippen LogP contribution in [0.4, 0.5) is 32.0 Å². The molecule has 0 unspecified atom stereocenters. The maximum atomic E-state index is 13.5. The summed E-state index contributed by atoms with van der Waals surface area (Å²) in [7, 11) is -2.53. The lowest BCUT2D eigenvalue weighted by Crippen LogP contribution is -2.43. The maximum absolute atomic E-state index is 13.5. The van der Waals surface area contributed by atoms with E-state index in [-0.39, 0.29) is 29.1 Å². The van der Waals surface area contributed by atoms with Crippen molar-refractivity contribution >= 4 is 21.6 Å². The predicted octanol–water partition coefficient (Wildman–Crippen LogP) is 4.04. The van der Waals surface area contributed by atoms with Gasteiger partial charge in [0, 0.05) is 32.2 Å². The third kappa shape index (κ3) is 6.12. The summed E-state index contributed by atoms with van der Waals surface area (Å²) in [5.74, 6) is -2.53. The lowest BCUT2D eigenvalue weighted by molar-refractivity contribution is -0.186. The second-order valence-electron chi connectivity index (χ2n) is 9.01. The quantitative estimate of drug-likeness (QED) is 0.568. The molecule has 4 rings (SSSR count). The summed E-state index contributed by atoms with van der Waals surface area (Å²) in [6, 6.07) is 6.48. The lowest BCUT2D eigenvalue weighted by Gasteiger charge is -2.29. The molecular formula is C23H23F6N3O4S. The lowest BCUT2D eigenvalue weighted by atomic mass is 10.00. The van der Waals surface area contributed by atoms with Crippen LogP contribution in [0.15, 0.2) is 41.3 Å². The fourth-order valence-electron chi connectivity index (χ4n) is 4.36. The average molecular weight is 552 g/mol. The number of ether oxygens (including phenoxy) is 1. The van der Waals surface area contributed by atoms with Gasteiger partial charge < -0.3 is 14.5 Å². The zero-order valence-corrected chi connectivity index (χ0v) is 20.3. The number of nitrogens with zero attached hydrogens (tertiary/aromatic N) is 2. The topological polar surface area (TPSA) is 79.0 Å². The van der Waals surface area contributed by atoms with Crippen LogP contribution in [-0.4, -0.2) is 63.1 Å². The van der Waals surface area contributed by atoms with Crippen LogP contribution < -0.4 is 9.46 Å². The van der Waals surface area contributed by atoms with Crippen molar-refractivity contribution in [2.75, 3.05) is 31.4 Å². The molecule has 0 aromatic heterocycles. The molecule has 2 heterocycles. The number of carbonyl (C=O) groups excluding carboxylic acids is 1. The van der Waals surface area contributed by atoms with Crippen LogP contribution in [0, 0.1) is 0 Å². The van der Waals surface area contributed by atoms with E-state index in [1.165, 1.54) is 12.1 Å². The van der Waals surface area contributed by atoms with Crippen molar-refractivity contribution < 1.29 is 44.3 Å². The number of amides is 1. The monoisotopic (exact) mass is 551 g/mol. The molecule has 1 fully saturated rings. The molecule has 2 aromatic rings. The molecule has 14 heteroatoms. The smallest absolute Gasteiger partial charge is 0.471 e. The molecule has 1 N–H and O–H groups in total. The predicted molar refractivity (Wildman–Crippen MR) is 120 cm³/mol. The Morgan fingerprint density at radius 1 is 1.03 bits per heavy atom. The van der Waals surface area contributed by atoms with Crippen LogP contribution >= 0.6 is 0 Å². The first kappa shape index (κ1) is 27.0. The van der Waals surface area contributed by atoms with E-state index in [9.17, 15) is 39.6 Å². The summed E-state index contributed by atoms with van der Waals surface area (Å²) >= 11 is 0. The molecule has 0 saturated carbocycles. The Kier molecular flexibility index (Phi) is 7.10. The molecule has 1 amide bonds. The van der Waals surface area contributed by atoms with Gasteiger partial charge in [-0.15, -0.1) is 0 Å². The molecule has 202 valence electrons. The first-order chi connectivity index (χ1) is 17.1. The molecule has 0 bridgehead atoms. The largest absolute Gasteiger partial charge is 0.488 e. The van der Waals surface area contributed by atoms with Crippen LogP contribution in [0.5, 0.6) is 5.75 Å². The van der Waals surface area contributed by atoms with E-state index in [4.69, 9.17) is 4.74 Å². The number of sulfonamides is 1. The number of likely N-dealkylation sites (N-methyl/N-ethyl adjacent to an activating group) is 1. The van der Waals surface area contributed by atoms with Crippen LogP contribution in [0.3, 0.4) is 0 Å². The molecule has 1 atom stereocenters. The van der Waals surface area contributed by atoms with Crippen molar-refractivity contribution in [3.05, 3.63) is 53.1 Å². The molecule has 2 aliphatic rings. The number of anilines is 1. The van der Waals surface area contributed by atoms with Crippen molar-refractivity contribution in [2.45, 2.75) is 42.7 Å². The summed E-state index contributed by atoms with van der Waals surface area (Å²) in [4.78, 5) is 13.8. The number of carbonyl (C=O) groups is 1. The van der Waals surface area contributed by atoms with Crippen LogP contribution in [0.1, 0.15) is 23.1 Å². The Bertz CT molecular complexity index is 1300. The number of benzene rings is 2. The minimum Gasteiger partial charge on any atom is -0.488 e. The first-order valence-corrected chi connectivity index (χ1v) is 12.7. The fraction of sp³-hybridized carbons (Fsp3) is 0.435. The van der Waals surface area contributed by atoms with Gasteiger partial charge >= 0.3 is 18.3 Å². The summed E-state index contributed by atoms with van der Waals surface area (Å²) in [5, 5.41) is 0. The number of likely N-dealkylation sites (tertiary alicyclic amines) is 1. The normalized spacial score (nSPS) is 19.0. The van der Waals surface area contributed by atoms with Crippen LogP contribution in [0.2, 0.25) is 0 Å². The summed E-state index contributed by atoms with van der Waals surface area (Å²) in [5.41, 5.74) is -0.403. The third-order valence-corrected chi connectivity index (χ3v) is 7.59. The van der Waals surface area contributed by atoms with Crippen LogP contribution in [-0.2, 0) is 34.0 Å². The second kappa shape index (κ2) is 9.71. The highest BCUT2D eigenvalue weighted by Gasteiger charge is 2.43. The molecule has 1 saturated heterocycles. The zero-order chi connectivity index (χ0) is 27.2. The minimum atomic E-state index is -5.06. The number of halogens is 6. The van der Waals surface area contributed by atoms with Gasteiger partial charge in [-0.1, -0.05) is 6.07 Å². The molecule has 7 nitrogen and oxygen atoms in total. The Hall–Kier alpha value is -3.00. The van der Waals surface area contributed by atoms with Crippen molar-refractivity contribution in [1.29, 1.82) is 0 Å². The molecule has 0 aliphatic carbocycles. The summed E-state index contributed by atoms with van der Waals surface area (Å²) in [6.07, 6.45) is -9.66. The van der Waals surface area contributed by atoms with Gasteiger partial charge in [0.25, 0.3) is 10.0 Å². The highest BCUT2D eigenvalue weighted by Crippen LogP contribution is 2.39. The van der Waals surface area contributed by atoms with E-state index >= 15 is 0 Å². The van der Waals surface area contributed by atoms with Gasteiger partial charge in [0.15, 0.2) is 0 Å². The van der Waals surface area contributed by atoms with Gasteiger partial charge in [0.05, 0.1) is 16.1 Å². The first-order valence-electron chi connectivity index (χ1n) is 11.2. The Labute approximate surface area is 209 Å². The van der Waals surface area contributed by atoms with E-state index < -0.39 is 52.2 Å². The van der Waals surface area contributed by atoms with Crippen LogP contribution in [0.25, 0.3) is 0 Å². The molecule has 0 spiro atoms. The maximum Gasteiger partial charge on any atom is 0.471 e. The van der Waals surface area contributed by atoms with E-state index in [1.807, 2.05) is 4.90 Å². The van der Waals surface area contributed by atoms with E-state index in [0.29, 0.717) is 30.0 Å². The number of nitrogens with one attached hydrogen (secondary N) is 1. The minimum absolute atomic E-state index is 0.112. The van der Waals surface area contributed by atoms with Crippen molar-refractivity contribution in [3.63, 3.8) is 0 Å². The molecule has 2 aliphatic heterocycles. The Morgan fingerprint density at radius 3 is 2.38 bits per heavy atom. The van der Waals surface area contributed by atoms with Gasteiger partial charge in [-0.2, -0.15) is 26.3 Å². The van der Waals surface area contributed by atoms with Gasteiger partial charge in [0.1, 0.15) is 11.9 Å². The van der Waals surface area contributed by atoms with Gasteiger partial charge in [-0.25, -0.2) is 8.42 Å². The Morgan fingerprint density at radius 2 is 1.76 bits per heavy atom. The van der Waals surface area contributed by atoms with Crippen molar-refractivity contribution in [2.24, 2.45) is 0 Å². The third-order valence-electron chi connectivity index (χ3n) is 6.21. The highest BCUT2D eigenvalue weighted by molar-refractivity contribution is 7.92. The number of rotatable bonds is 5. The molecular weight excluding hydrogens is 528 g/mol. The fourth-order valence-corrected chi connectivity index (χ4v) is 5.45. The number of hydrogen-bond acceptors (Lipinski definition) is 5. The van der Waals surface area contributed by atoms with E-state index in [0.717, 1.165) is 24.3 Å². The summed E-state index contributed by atoms with van der Waals surface area (Å²) in [6.45, 7) is 0.463. The van der Waals surface area contributed by atoms with Crippen molar-refractivity contribution in [1.82, 2.24) is 9.80 Å². The number of hydrogen-bond donors (Lipinski definition) is 1. The Balaban J connectivity index is 1.58. The number of fused-ring (bicyclic) bond motifs is 1. The van der Waals surface area contributed by atoms with E-state index in [1.54, 1.807) is 7.05 Å². The molecule has 2 aromatic carbocycles.